The van der Waals surface area contributed by atoms with Crippen molar-refractivity contribution in [3.05, 3.63) is 53.2 Å². The van der Waals surface area contributed by atoms with Gasteiger partial charge >= 0.3 is 6.18 Å². The third-order valence-electron chi connectivity index (χ3n) is 3.44. The molecule has 1 atom stereocenters. The van der Waals surface area contributed by atoms with Gasteiger partial charge in [-0.1, -0.05) is 12.1 Å². The topological polar surface area (TPSA) is 58.3 Å². The van der Waals surface area contributed by atoms with E-state index in [0.29, 0.717) is 17.2 Å². The molecule has 4 nitrogen and oxygen atoms in total. The number of nitrogens with one attached hydrogen (secondary N) is 1. The van der Waals surface area contributed by atoms with Crippen LogP contribution in [0.5, 0.6) is 0 Å². The van der Waals surface area contributed by atoms with Crippen LogP contribution in [0, 0.1) is 6.92 Å². The minimum Gasteiger partial charge on any atom is -0.445 e. The van der Waals surface area contributed by atoms with Crippen molar-refractivity contribution < 1.29 is 22.7 Å². The van der Waals surface area contributed by atoms with Gasteiger partial charge in [0.15, 0.2) is 0 Å². The second-order valence-corrected chi connectivity index (χ2v) is 5.29. The molecule has 0 aliphatic heterocycles. The van der Waals surface area contributed by atoms with Gasteiger partial charge in [-0.3, -0.25) is 5.32 Å². The van der Waals surface area contributed by atoms with Gasteiger partial charge in [-0.05, 0) is 31.5 Å². The summed E-state index contributed by atoms with van der Waals surface area (Å²) in [5, 5.41) is 12.6. The average molecular weight is 314 g/mol. The molecular weight excluding hydrogens is 297 g/mol. The van der Waals surface area contributed by atoms with E-state index < -0.39 is 17.3 Å². The van der Waals surface area contributed by atoms with Crippen molar-refractivity contribution in [2.45, 2.75) is 32.1 Å². The molecule has 0 amide bonds. The lowest BCUT2D eigenvalue weighted by atomic mass is 9.91. The molecule has 0 bridgehead atoms. The van der Waals surface area contributed by atoms with Crippen LogP contribution in [0.4, 0.5) is 13.2 Å². The quantitative estimate of drug-likeness (QED) is 0.891. The van der Waals surface area contributed by atoms with Gasteiger partial charge in [0.2, 0.25) is 5.89 Å². The minimum atomic E-state index is -4.42. The fourth-order valence-electron chi connectivity index (χ4n) is 2.04. The number of aryl methyl sites for hydroxylation is 1. The highest BCUT2D eigenvalue weighted by Gasteiger charge is 2.33. The summed E-state index contributed by atoms with van der Waals surface area (Å²) in [5.74, 6) is 1.05. The van der Waals surface area contributed by atoms with Crippen LogP contribution in [0.25, 0.3) is 0 Å². The molecule has 7 heteroatoms. The van der Waals surface area contributed by atoms with Crippen LogP contribution in [0.1, 0.15) is 29.7 Å². The van der Waals surface area contributed by atoms with Crippen molar-refractivity contribution in [1.82, 2.24) is 10.3 Å². The van der Waals surface area contributed by atoms with Gasteiger partial charge in [0.1, 0.15) is 5.76 Å². The number of rotatable bonds is 5. The molecule has 0 saturated heterocycles. The summed E-state index contributed by atoms with van der Waals surface area (Å²) in [6.07, 6.45) is -2.87. The van der Waals surface area contributed by atoms with Crippen molar-refractivity contribution in [1.29, 1.82) is 0 Å². The Bertz CT molecular complexity index is 640. The SMILES string of the molecule is Cc1cnc(CNC(C)(CO)c2cccc(C(F)(F)F)c2)o1. The van der Waals surface area contributed by atoms with E-state index in [1.165, 1.54) is 6.07 Å². The molecule has 1 aromatic heterocycles. The second kappa shape index (κ2) is 6.10. The van der Waals surface area contributed by atoms with Crippen LogP contribution in [-0.2, 0) is 18.3 Å². The van der Waals surface area contributed by atoms with Crippen LogP contribution >= 0.6 is 0 Å². The van der Waals surface area contributed by atoms with Crippen LogP contribution in [0.2, 0.25) is 0 Å². The molecule has 1 aromatic carbocycles. The Morgan fingerprint density at radius 2 is 1.95 bits per heavy atom. The van der Waals surface area contributed by atoms with Crippen molar-refractivity contribution in [2.75, 3.05) is 6.61 Å². The third kappa shape index (κ3) is 3.66. The Balaban J connectivity index is 2.22. The van der Waals surface area contributed by atoms with Crippen LogP contribution < -0.4 is 5.32 Å². The molecular formula is C15H17F3N2O2. The standard InChI is InChI=1S/C15H17F3N2O2/c1-10-7-19-13(22-10)8-20-14(2,9-21)11-4-3-5-12(6-11)15(16,17)18/h3-7,20-21H,8-9H2,1-2H3. The first-order valence-corrected chi connectivity index (χ1v) is 6.69. The number of nitrogens with zero attached hydrogens (tertiary/aromatic N) is 1. The largest absolute Gasteiger partial charge is 0.445 e. The van der Waals surface area contributed by atoms with E-state index in [4.69, 9.17) is 4.42 Å². The smallest absolute Gasteiger partial charge is 0.416 e. The molecule has 120 valence electrons. The van der Waals surface area contributed by atoms with Crippen LogP contribution in [0.3, 0.4) is 0 Å². The zero-order valence-electron chi connectivity index (χ0n) is 12.2. The normalized spacial score (nSPS) is 14.8. The number of alkyl halides is 3. The summed E-state index contributed by atoms with van der Waals surface area (Å²) < 4.78 is 43.7. The number of oxazole rings is 1. The average Bonchev–Trinajstić information content (AvgIpc) is 2.90. The van der Waals surface area contributed by atoms with E-state index in [0.717, 1.165) is 12.1 Å². The maximum absolute atomic E-state index is 12.8. The summed E-state index contributed by atoms with van der Waals surface area (Å²) in [4.78, 5) is 4.01. The van der Waals surface area contributed by atoms with E-state index in [1.54, 1.807) is 26.1 Å². The fourth-order valence-corrected chi connectivity index (χ4v) is 2.04. The maximum atomic E-state index is 12.8. The Kier molecular flexibility index (Phi) is 4.58. The van der Waals surface area contributed by atoms with E-state index in [1.807, 2.05) is 0 Å². The van der Waals surface area contributed by atoms with E-state index in [9.17, 15) is 18.3 Å². The number of hydrogen-bond acceptors (Lipinski definition) is 4. The van der Waals surface area contributed by atoms with Gasteiger partial charge in [-0.25, -0.2) is 4.98 Å². The molecule has 1 unspecified atom stereocenters. The summed E-state index contributed by atoms with van der Waals surface area (Å²) in [7, 11) is 0. The van der Waals surface area contributed by atoms with Gasteiger partial charge in [0, 0.05) is 0 Å². The third-order valence-corrected chi connectivity index (χ3v) is 3.44. The molecule has 0 radical (unpaired) electrons. The first-order valence-electron chi connectivity index (χ1n) is 6.69. The second-order valence-electron chi connectivity index (χ2n) is 5.29. The molecule has 0 fully saturated rings. The lowest BCUT2D eigenvalue weighted by Gasteiger charge is -2.29. The zero-order chi connectivity index (χ0) is 16.4. The zero-order valence-corrected chi connectivity index (χ0v) is 12.2. The summed E-state index contributed by atoms with van der Waals surface area (Å²) >= 11 is 0. The molecule has 0 spiro atoms. The number of halogens is 3. The molecule has 2 aromatic rings. The Morgan fingerprint density at radius 1 is 1.27 bits per heavy atom. The minimum absolute atomic E-state index is 0.196. The monoisotopic (exact) mass is 314 g/mol. The number of aliphatic hydroxyl groups is 1. The molecule has 0 saturated carbocycles. The molecule has 2 rings (SSSR count). The van der Waals surface area contributed by atoms with E-state index in [2.05, 4.69) is 10.3 Å². The lowest BCUT2D eigenvalue weighted by Crippen LogP contribution is -2.42. The Morgan fingerprint density at radius 3 is 2.50 bits per heavy atom. The highest BCUT2D eigenvalue weighted by atomic mass is 19.4. The molecule has 1 heterocycles. The lowest BCUT2D eigenvalue weighted by molar-refractivity contribution is -0.137. The number of benzene rings is 1. The molecule has 2 N–H and O–H groups in total. The van der Waals surface area contributed by atoms with Crippen molar-refractivity contribution >= 4 is 0 Å². The molecule has 22 heavy (non-hydrogen) atoms. The van der Waals surface area contributed by atoms with Gasteiger partial charge in [-0.15, -0.1) is 0 Å². The number of aliphatic hydroxyl groups excluding tert-OH is 1. The van der Waals surface area contributed by atoms with Gasteiger partial charge < -0.3 is 9.52 Å². The number of hydrogen-bond donors (Lipinski definition) is 2. The predicted molar refractivity (Wildman–Crippen MR) is 74.0 cm³/mol. The summed E-state index contributed by atoms with van der Waals surface area (Å²) in [5.41, 5.74) is -1.45. The van der Waals surface area contributed by atoms with E-state index in [-0.39, 0.29) is 13.2 Å². The van der Waals surface area contributed by atoms with Crippen LogP contribution in [0.15, 0.2) is 34.9 Å². The van der Waals surface area contributed by atoms with Crippen molar-refractivity contribution in [2.24, 2.45) is 0 Å². The summed E-state index contributed by atoms with van der Waals surface area (Å²) in [6.45, 7) is 3.20. The number of aromatic nitrogens is 1. The van der Waals surface area contributed by atoms with E-state index >= 15 is 0 Å². The summed E-state index contributed by atoms with van der Waals surface area (Å²) in [6, 6.07) is 4.89. The fraction of sp³-hybridized carbons (Fsp3) is 0.400. The Labute approximate surface area is 126 Å². The van der Waals surface area contributed by atoms with Gasteiger partial charge in [-0.2, -0.15) is 13.2 Å². The molecule has 0 aliphatic rings. The van der Waals surface area contributed by atoms with Crippen molar-refractivity contribution in [3.63, 3.8) is 0 Å². The molecule has 0 aliphatic carbocycles. The predicted octanol–water partition coefficient (Wildman–Crippen LogP) is 3.00. The first kappa shape index (κ1) is 16.5. The van der Waals surface area contributed by atoms with Gasteiger partial charge in [0.25, 0.3) is 0 Å². The highest BCUT2D eigenvalue weighted by molar-refractivity contribution is 5.31. The van der Waals surface area contributed by atoms with Crippen LogP contribution in [-0.4, -0.2) is 16.7 Å². The first-order chi connectivity index (χ1) is 10.2. The maximum Gasteiger partial charge on any atom is 0.416 e. The highest BCUT2D eigenvalue weighted by Crippen LogP contribution is 2.32. The Hall–Kier alpha value is -1.86. The van der Waals surface area contributed by atoms with Gasteiger partial charge in [0.05, 0.1) is 30.5 Å². The van der Waals surface area contributed by atoms with Crippen molar-refractivity contribution in [3.8, 4) is 0 Å².